The standard InChI is InChI=1S/C22H24F3N5O4/c1-14(2)18(27-20(31)15-5-7-16(8-6-15)30(33)34)21(32)29-12-10-28(11-13-29)19-17(22(23,24)25)4-3-9-26-19/h3-9,14,18H,10-13H2,1-2H3,(H,27,31). The van der Waals surface area contributed by atoms with Crippen molar-refractivity contribution in [2.24, 2.45) is 5.92 Å². The van der Waals surface area contributed by atoms with Crippen LogP contribution >= 0.6 is 0 Å². The van der Waals surface area contributed by atoms with Gasteiger partial charge in [0, 0.05) is 50.1 Å². The second kappa shape index (κ2) is 10.1. The van der Waals surface area contributed by atoms with Crippen molar-refractivity contribution in [3.63, 3.8) is 0 Å². The molecule has 1 fully saturated rings. The summed E-state index contributed by atoms with van der Waals surface area (Å²) in [6, 6.07) is 6.35. The van der Waals surface area contributed by atoms with Crippen LogP contribution in [0.25, 0.3) is 0 Å². The number of benzene rings is 1. The van der Waals surface area contributed by atoms with Crippen molar-refractivity contribution in [3.05, 3.63) is 63.8 Å². The van der Waals surface area contributed by atoms with E-state index in [0.717, 1.165) is 6.07 Å². The SMILES string of the molecule is CC(C)C(NC(=O)c1ccc([N+](=O)[O-])cc1)C(=O)N1CCN(c2ncccc2C(F)(F)F)CC1. The van der Waals surface area contributed by atoms with Gasteiger partial charge in [-0.05, 0) is 30.2 Å². The highest BCUT2D eigenvalue weighted by atomic mass is 19.4. The quantitative estimate of drug-likeness (QED) is 0.504. The Morgan fingerprint density at radius 2 is 1.71 bits per heavy atom. The van der Waals surface area contributed by atoms with Crippen LogP contribution < -0.4 is 10.2 Å². The second-order valence-electron chi connectivity index (χ2n) is 8.18. The lowest BCUT2D eigenvalue weighted by molar-refractivity contribution is -0.384. The van der Waals surface area contributed by atoms with Crippen molar-refractivity contribution >= 4 is 23.3 Å². The summed E-state index contributed by atoms with van der Waals surface area (Å²) in [6.45, 7) is 4.18. The topological polar surface area (TPSA) is 109 Å². The average molecular weight is 479 g/mol. The van der Waals surface area contributed by atoms with Gasteiger partial charge in [-0.15, -0.1) is 0 Å². The fourth-order valence-corrected chi connectivity index (χ4v) is 3.68. The van der Waals surface area contributed by atoms with Gasteiger partial charge in [-0.1, -0.05) is 13.8 Å². The first-order chi connectivity index (χ1) is 16.0. The highest BCUT2D eigenvalue weighted by molar-refractivity contribution is 5.97. The molecule has 2 heterocycles. The minimum absolute atomic E-state index is 0.160. The van der Waals surface area contributed by atoms with Crippen LogP contribution in [0.15, 0.2) is 42.6 Å². The molecule has 2 amide bonds. The molecule has 1 aromatic carbocycles. The molecular formula is C22H24F3N5O4. The van der Waals surface area contributed by atoms with E-state index in [1.807, 2.05) is 0 Å². The molecule has 0 radical (unpaired) electrons. The molecule has 0 saturated carbocycles. The zero-order valence-corrected chi connectivity index (χ0v) is 18.6. The minimum Gasteiger partial charge on any atom is -0.353 e. The molecular weight excluding hydrogens is 455 g/mol. The summed E-state index contributed by atoms with van der Waals surface area (Å²) >= 11 is 0. The number of anilines is 1. The average Bonchev–Trinajstić information content (AvgIpc) is 2.81. The van der Waals surface area contributed by atoms with Gasteiger partial charge in [0.25, 0.3) is 11.6 Å². The molecule has 9 nitrogen and oxygen atoms in total. The normalized spacial score (nSPS) is 15.2. The van der Waals surface area contributed by atoms with Crippen molar-refractivity contribution in [2.45, 2.75) is 26.1 Å². The van der Waals surface area contributed by atoms with Gasteiger partial charge >= 0.3 is 6.18 Å². The van der Waals surface area contributed by atoms with Gasteiger partial charge in [-0.2, -0.15) is 13.2 Å². The second-order valence-corrected chi connectivity index (χ2v) is 8.18. The Morgan fingerprint density at radius 1 is 1.09 bits per heavy atom. The molecule has 12 heteroatoms. The largest absolute Gasteiger partial charge is 0.419 e. The first kappa shape index (κ1) is 24.9. The number of nitro benzene ring substituents is 1. The Balaban J connectivity index is 1.66. The number of piperazine rings is 1. The summed E-state index contributed by atoms with van der Waals surface area (Å²) in [5.74, 6) is -1.33. The van der Waals surface area contributed by atoms with Crippen molar-refractivity contribution in [1.82, 2.24) is 15.2 Å². The van der Waals surface area contributed by atoms with Crippen molar-refractivity contribution in [3.8, 4) is 0 Å². The zero-order chi connectivity index (χ0) is 25.0. The fraction of sp³-hybridized carbons (Fsp3) is 0.409. The number of nitro groups is 1. The number of nitrogens with one attached hydrogen (secondary N) is 1. The summed E-state index contributed by atoms with van der Waals surface area (Å²) in [5, 5.41) is 13.5. The van der Waals surface area contributed by atoms with Gasteiger partial charge < -0.3 is 15.1 Å². The number of pyridine rings is 1. The van der Waals surface area contributed by atoms with Gasteiger partial charge in [0.05, 0.1) is 10.5 Å². The van der Waals surface area contributed by atoms with E-state index in [-0.39, 0.29) is 55.1 Å². The van der Waals surface area contributed by atoms with Crippen LogP contribution in [-0.4, -0.2) is 58.8 Å². The lowest BCUT2D eigenvalue weighted by Crippen LogP contribution is -2.56. The van der Waals surface area contributed by atoms with Crippen LogP contribution in [0.4, 0.5) is 24.7 Å². The molecule has 1 aromatic heterocycles. The van der Waals surface area contributed by atoms with E-state index >= 15 is 0 Å². The van der Waals surface area contributed by atoms with E-state index < -0.39 is 28.6 Å². The van der Waals surface area contributed by atoms with Crippen LogP contribution in [0, 0.1) is 16.0 Å². The maximum atomic E-state index is 13.3. The van der Waals surface area contributed by atoms with E-state index in [0.29, 0.717) is 0 Å². The number of rotatable bonds is 6. The Hall–Kier alpha value is -3.70. The van der Waals surface area contributed by atoms with Gasteiger partial charge in [0.1, 0.15) is 11.9 Å². The molecule has 0 spiro atoms. The monoisotopic (exact) mass is 479 g/mol. The zero-order valence-electron chi connectivity index (χ0n) is 18.6. The molecule has 1 unspecified atom stereocenters. The predicted octanol–water partition coefficient (Wildman–Crippen LogP) is 3.11. The Morgan fingerprint density at radius 3 is 2.24 bits per heavy atom. The summed E-state index contributed by atoms with van der Waals surface area (Å²) in [6.07, 6.45) is -3.24. The third-order valence-electron chi connectivity index (χ3n) is 5.54. The molecule has 1 atom stereocenters. The third kappa shape index (κ3) is 5.61. The predicted molar refractivity (Wildman–Crippen MR) is 117 cm³/mol. The molecule has 34 heavy (non-hydrogen) atoms. The lowest BCUT2D eigenvalue weighted by atomic mass is 10.0. The number of nitrogens with zero attached hydrogens (tertiary/aromatic N) is 4. The van der Waals surface area contributed by atoms with Crippen molar-refractivity contribution < 1.29 is 27.7 Å². The molecule has 0 aliphatic carbocycles. The van der Waals surface area contributed by atoms with E-state index in [9.17, 15) is 32.9 Å². The first-order valence-electron chi connectivity index (χ1n) is 10.6. The first-order valence-corrected chi connectivity index (χ1v) is 10.6. The molecule has 1 aliphatic rings. The maximum absolute atomic E-state index is 13.3. The van der Waals surface area contributed by atoms with Crippen LogP contribution in [-0.2, 0) is 11.0 Å². The summed E-state index contributed by atoms with van der Waals surface area (Å²) in [7, 11) is 0. The van der Waals surface area contributed by atoms with Crippen LogP contribution in [0.2, 0.25) is 0 Å². The molecule has 1 N–H and O–H groups in total. The third-order valence-corrected chi connectivity index (χ3v) is 5.54. The van der Waals surface area contributed by atoms with Crippen LogP contribution in [0.5, 0.6) is 0 Å². The van der Waals surface area contributed by atoms with Crippen LogP contribution in [0.1, 0.15) is 29.8 Å². The molecule has 182 valence electrons. The number of hydrogen-bond donors (Lipinski definition) is 1. The summed E-state index contributed by atoms with van der Waals surface area (Å²) < 4.78 is 40.0. The van der Waals surface area contributed by atoms with E-state index in [1.54, 1.807) is 13.8 Å². The number of halogens is 3. The van der Waals surface area contributed by atoms with Crippen LogP contribution in [0.3, 0.4) is 0 Å². The van der Waals surface area contributed by atoms with Crippen molar-refractivity contribution in [2.75, 3.05) is 31.1 Å². The minimum atomic E-state index is -4.54. The molecule has 2 aromatic rings. The van der Waals surface area contributed by atoms with Crippen molar-refractivity contribution in [1.29, 1.82) is 0 Å². The molecule has 1 saturated heterocycles. The van der Waals surface area contributed by atoms with E-state index in [1.165, 1.54) is 46.3 Å². The summed E-state index contributed by atoms with van der Waals surface area (Å²) in [4.78, 5) is 42.9. The Labute approximate surface area is 193 Å². The molecule has 1 aliphatic heterocycles. The fourth-order valence-electron chi connectivity index (χ4n) is 3.68. The number of alkyl halides is 3. The number of carbonyl (C=O) groups is 2. The number of hydrogen-bond acceptors (Lipinski definition) is 6. The van der Waals surface area contributed by atoms with Gasteiger partial charge in [-0.25, -0.2) is 4.98 Å². The Kier molecular flexibility index (Phi) is 7.38. The molecule has 0 bridgehead atoms. The number of non-ortho nitro benzene ring substituents is 1. The maximum Gasteiger partial charge on any atom is 0.419 e. The van der Waals surface area contributed by atoms with Gasteiger partial charge in [-0.3, -0.25) is 19.7 Å². The number of amides is 2. The highest BCUT2D eigenvalue weighted by Crippen LogP contribution is 2.35. The summed E-state index contributed by atoms with van der Waals surface area (Å²) in [5.41, 5.74) is -0.818. The van der Waals surface area contributed by atoms with E-state index in [4.69, 9.17) is 0 Å². The molecule has 3 rings (SSSR count). The van der Waals surface area contributed by atoms with Gasteiger partial charge in [0.2, 0.25) is 5.91 Å². The van der Waals surface area contributed by atoms with E-state index in [2.05, 4.69) is 10.3 Å². The number of carbonyl (C=O) groups excluding carboxylic acids is 2. The lowest BCUT2D eigenvalue weighted by Gasteiger charge is -2.38. The highest BCUT2D eigenvalue weighted by Gasteiger charge is 2.37. The smallest absolute Gasteiger partial charge is 0.353 e. The number of aromatic nitrogens is 1. The Bertz CT molecular complexity index is 1050. The van der Waals surface area contributed by atoms with Gasteiger partial charge in [0.15, 0.2) is 0 Å².